The summed E-state index contributed by atoms with van der Waals surface area (Å²) in [7, 11) is 0. The van der Waals surface area contributed by atoms with Crippen LogP contribution in [-0.4, -0.2) is 5.62 Å². The molecule has 0 aliphatic heterocycles. The molecule has 57 valence electrons. The van der Waals surface area contributed by atoms with Gasteiger partial charge in [0, 0.05) is 0 Å². The highest BCUT2D eigenvalue weighted by Gasteiger charge is 1.90. The predicted molar refractivity (Wildman–Crippen MR) is 44.5 cm³/mol. The van der Waals surface area contributed by atoms with E-state index >= 15 is 0 Å². The molecule has 0 N–H and O–H groups in total. The van der Waals surface area contributed by atoms with E-state index < -0.39 is 0 Å². The van der Waals surface area contributed by atoms with Crippen molar-refractivity contribution in [3.63, 3.8) is 0 Å². The minimum absolute atomic E-state index is 0.445. The summed E-state index contributed by atoms with van der Waals surface area (Å²) in [4.78, 5) is 9.71. The van der Waals surface area contributed by atoms with Crippen molar-refractivity contribution in [1.29, 1.82) is 0 Å². The van der Waals surface area contributed by atoms with Gasteiger partial charge in [-0.3, -0.25) is 4.79 Å². The zero-order valence-electron chi connectivity index (χ0n) is 5.82. The van der Waals surface area contributed by atoms with Gasteiger partial charge in [-0.05, 0) is 5.56 Å². The normalized spacial score (nSPS) is 9.45. The van der Waals surface area contributed by atoms with Crippen LogP contribution in [0, 0.1) is 0 Å². The van der Waals surface area contributed by atoms with Crippen molar-refractivity contribution in [2.75, 3.05) is 0 Å². The van der Waals surface area contributed by atoms with E-state index in [0.717, 1.165) is 5.56 Å². The first-order valence-corrected chi connectivity index (χ1v) is 3.87. The number of hydrogen-bond donors (Lipinski definition) is 0. The Balaban J connectivity index is 2.33. The minimum atomic E-state index is 0.445. The second kappa shape index (κ2) is 4.93. The fraction of sp³-hybridized carbons (Fsp3) is 0.125. The maximum Gasteiger partial charge on any atom is 0.295 e. The molecular formula is C8H7O2S. The summed E-state index contributed by atoms with van der Waals surface area (Å²) in [5.74, 6) is 0. The SMILES string of the molecule is O=[C]SOCc1ccccc1. The second-order valence-corrected chi connectivity index (χ2v) is 2.48. The third-order valence-corrected chi connectivity index (χ3v) is 1.47. The Morgan fingerprint density at radius 2 is 2.09 bits per heavy atom. The molecule has 1 aromatic rings. The van der Waals surface area contributed by atoms with E-state index in [1.165, 1.54) is 0 Å². The van der Waals surface area contributed by atoms with Crippen molar-refractivity contribution < 1.29 is 8.98 Å². The van der Waals surface area contributed by atoms with Gasteiger partial charge in [-0.1, -0.05) is 30.3 Å². The highest BCUT2D eigenvalue weighted by molar-refractivity contribution is 8.07. The Bertz CT molecular complexity index is 211. The second-order valence-electron chi connectivity index (χ2n) is 1.91. The lowest BCUT2D eigenvalue weighted by Gasteiger charge is -1.96. The molecule has 0 fully saturated rings. The molecule has 0 spiro atoms. The molecule has 0 bridgehead atoms. The first-order valence-electron chi connectivity index (χ1n) is 3.13. The molecule has 0 unspecified atom stereocenters. The van der Waals surface area contributed by atoms with Crippen molar-refractivity contribution in [2.45, 2.75) is 6.61 Å². The molecule has 11 heavy (non-hydrogen) atoms. The van der Waals surface area contributed by atoms with Crippen LogP contribution in [0.25, 0.3) is 0 Å². The van der Waals surface area contributed by atoms with Crippen molar-refractivity contribution in [1.82, 2.24) is 0 Å². The van der Waals surface area contributed by atoms with E-state index in [-0.39, 0.29) is 0 Å². The highest BCUT2D eigenvalue weighted by atomic mass is 32.2. The largest absolute Gasteiger partial charge is 0.303 e. The van der Waals surface area contributed by atoms with Crippen LogP contribution in [0.1, 0.15) is 5.56 Å². The standard InChI is InChI=1S/C8H7O2S/c9-7-11-10-6-8-4-2-1-3-5-8/h1-5H,6H2. The number of carbonyl (C=O) groups excluding carboxylic acids is 1. The van der Waals surface area contributed by atoms with Crippen LogP contribution in [0.2, 0.25) is 0 Å². The highest BCUT2D eigenvalue weighted by Crippen LogP contribution is 2.05. The predicted octanol–water partition coefficient (Wildman–Crippen LogP) is 1.92. The molecule has 3 heteroatoms. The van der Waals surface area contributed by atoms with Crippen molar-refractivity contribution >= 4 is 17.7 Å². The Labute approximate surface area is 69.8 Å². The van der Waals surface area contributed by atoms with E-state index in [2.05, 4.69) is 0 Å². The molecule has 0 saturated carbocycles. The monoisotopic (exact) mass is 167 g/mol. The summed E-state index contributed by atoms with van der Waals surface area (Å²) in [6.45, 7) is 0.445. The lowest BCUT2D eigenvalue weighted by atomic mass is 10.2. The van der Waals surface area contributed by atoms with Crippen LogP contribution >= 0.6 is 12.0 Å². The van der Waals surface area contributed by atoms with Gasteiger partial charge >= 0.3 is 0 Å². The third kappa shape index (κ3) is 3.20. The quantitative estimate of drug-likeness (QED) is 0.506. The topological polar surface area (TPSA) is 26.3 Å². The minimum Gasteiger partial charge on any atom is -0.303 e. The van der Waals surface area contributed by atoms with E-state index in [4.69, 9.17) is 4.18 Å². The average Bonchev–Trinajstić information content (AvgIpc) is 2.07. The van der Waals surface area contributed by atoms with Gasteiger partial charge in [0.05, 0.1) is 18.6 Å². The van der Waals surface area contributed by atoms with Crippen LogP contribution in [0.4, 0.5) is 0 Å². The molecule has 1 rings (SSSR count). The Morgan fingerprint density at radius 1 is 1.36 bits per heavy atom. The summed E-state index contributed by atoms with van der Waals surface area (Å²) in [5.41, 5.74) is 2.63. The number of hydrogen-bond acceptors (Lipinski definition) is 3. The molecule has 1 radical (unpaired) electrons. The van der Waals surface area contributed by atoms with Crippen LogP contribution in [0.5, 0.6) is 0 Å². The molecule has 0 atom stereocenters. The Morgan fingerprint density at radius 3 is 2.73 bits per heavy atom. The van der Waals surface area contributed by atoms with Crippen LogP contribution < -0.4 is 0 Å². The molecule has 0 saturated heterocycles. The van der Waals surface area contributed by atoms with Crippen molar-refractivity contribution in [3.05, 3.63) is 35.9 Å². The lowest BCUT2D eigenvalue weighted by Crippen LogP contribution is -1.83. The van der Waals surface area contributed by atoms with Gasteiger partial charge in [-0.2, -0.15) is 0 Å². The van der Waals surface area contributed by atoms with Crippen LogP contribution in [0.3, 0.4) is 0 Å². The number of benzene rings is 1. The van der Waals surface area contributed by atoms with Crippen LogP contribution in [-0.2, 0) is 15.6 Å². The maximum absolute atomic E-state index is 9.71. The molecular weight excluding hydrogens is 160 g/mol. The Kier molecular flexibility index (Phi) is 3.72. The summed E-state index contributed by atoms with van der Waals surface area (Å²) in [5, 5.41) is 0. The zero-order valence-corrected chi connectivity index (χ0v) is 6.64. The van der Waals surface area contributed by atoms with Gasteiger partial charge in [0.2, 0.25) is 0 Å². The van der Waals surface area contributed by atoms with Crippen molar-refractivity contribution in [3.8, 4) is 0 Å². The average molecular weight is 167 g/mol. The fourth-order valence-corrected chi connectivity index (χ4v) is 0.939. The van der Waals surface area contributed by atoms with E-state index in [0.29, 0.717) is 18.6 Å². The van der Waals surface area contributed by atoms with Gasteiger partial charge in [-0.15, -0.1) is 0 Å². The lowest BCUT2D eigenvalue weighted by molar-refractivity contribution is 0.367. The molecule has 0 aliphatic carbocycles. The third-order valence-electron chi connectivity index (χ3n) is 1.16. The summed E-state index contributed by atoms with van der Waals surface area (Å²) in [6, 6.07) is 9.65. The van der Waals surface area contributed by atoms with Gasteiger partial charge < -0.3 is 4.18 Å². The first-order chi connectivity index (χ1) is 5.43. The van der Waals surface area contributed by atoms with Gasteiger partial charge in [-0.25, -0.2) is 0 Å². The van der Waals surface area contributed by atoms with Gasteiger partial charge in [0.15, 0.2) is 0 Å². The summed E-state index contributed by atoms with van der Waals surface area (Å²) in [6.07, 6.45) is 0. The van der Waals surface area contributed by atoms with E-state index in [1.807, 2.05) is 30.3 Å². The van der Waals surface area contributed by atoms with Crippen LogP contribution in [0.15, 0.2) is 30.3 Å². The van der Waals surface area contributed by atoms with Crippen molar-refractivity contribution in [2.24, 2.45) is 0 Å². The molecule has 1 aromatic carbocycles. The fourth-order valence-electron chi connectivity index (χ4n) is 0.696. The number of rotatable bonds is 4. The molecule has 2 nitrogen and oxygen atoms in total. The first kappa shape index (κ1) is 8.30. The van der Waals surface area contributed by atoms with Gasteiger partial charge in [0.1, 0.15) is 0 Å². The molecule has 0 amide bonds. The zero-order chi connectivity index (χ0) is 7.94. The smallest absolute Gasteiger partial charge is 0.295 e. The molecule has 0 aliphatic rings. The molecule has 0 aromatic heterocycles. The van der Waals surface area contributed by atoms with E-state index in [9.17, 15) is 4.79 Å². The summed E-state index contributed by atoms with van der Waals surface area (Å²) < 4.78 is 4.86. The van der Waals surface area contributed by atoms with E-state index in [1.54, 1.807) is 5.62 Å². The molecule has 0 heterocycles. The van der Waals surface area contributed by atoms with Gasteiger partial charge in [0.25, 0.3) is 5.62 Å². The Hall–Kier alpha value is -0.800. The summed E-state index contributed by atoms with van der Waals surface area (Å²) >= 11 is 0.697. The maximum atomic E-state index is 9.71.